The molecule has 3 saturated carbocycles. The number of hydrogen-bond donors (Lipinski definition) is 2. The van der Waals surface area contributed by atoms with E-state index < -0.39 is 5.97 Å². The van der Waals surface area contributed by atoms with Crippen molar-refractivity contribution in [2.24, 2.45) is 23.0 Å². The van der Waals surface area contributed by atoms with Crippen LogP contribution < -0.4 is 10.6 Å². The van der Waals surface area contributed by atoms with E-state index >= 15 is 0 Å². The van der Waals surface area contributed by atoms with Gasteiger partial charge in [0.05, 0.1) is 18.4 Å². The van der Waals surface area contributed by atoms with Gasteiger partial charge < -0.3 is 15.7 Å². The molecule has 5 atom stereocenters. The van der Waals surface area contributed by atoms with Crippen LogP contribution in [0.1, 0.15) is 53.8 Å². The third kappa shape index (κ3) is 2.29. The molecule has 8 rings (SSSR count). The second-order valence-corrected chi connectivity index (χ2v) is 10.2. The Kier molecular flexibility index (Phi) is 3.26. The van der Waals surface area contributed by atoms with Crippen molar-refractivity contribution in [3.63, 3.8) is 0 Å². The van der Waals surface area contributed by atoms with Crippen LogP contribution in [-0.4, -0.2) is 42.2 Å². The predicted molar refractivity (Wildman–Crippen MR) is 113 cm³/mol. The van der Waals surface area contributed by atoms with Crippen molar-refractivity contribution >= 4 is 17.4 Å². The number of nitrogens with zero attached hydrogens (tertiary/aromatic N) is 5. The Morgan fingerprint density at radius 3 is 2.84 bits per heavy atom. The molecule has 9 heteroatoms. The number of carbonyl (C=O) groups is 1. The first-order valence-electron chi connectivity index (χ1n) is 11.1. The maximum Gasteiger partial charge on any atom is 0.341 e. The highest BCUT2D eigenvalue weighted by Gasteiger charge is 2.93. The zero-order chi connectivity index (χ0) is 22.0. The number of hydrogen-bond acceptors (Lipinski definition) is 6. The van der Waals surface area contributed by atoms with E-state index in [4.69, 9.17) is 10.7 Å². The topological polar surface area (TPSA) is 110 Å². The summed E-state index contributed by atoms with van der Waals surface area (Å²) in [5.41, 5.74) is 8.64. The second-order valence-electron chi connectivity index (χ2n) is 10.2. The molecule has 164 valence electrons. The molecule has 0 amide bonds. The smallest absolute Gasteiger partial charge is 0.341 e. The molecule has 2 aliphatic heterocycles. The molecule has 3 aromatic rings. The van der Waals surface area contributed by atoms with Gasteiger partial charge in [-0.05, 0) is 60.6 Å². The zero-order valence-corrected chi connectivity index (χ0v) is 17.6. The average Bonchev–Trinajstić information content (AvgIpc) is 3.60. The molecule has 3 N–H and O–H groups in total. The van der Waals surface area contributed by atoms with Gasteiger partial charge in [-0.15, -0.1) is 0 Å². The van der Waals surface area contributed by atoms with Gasteiger partial charge in [-0.1, -0.05) is 6.92 Å². The summed E-state index contributed by atoms with van der Waals surface area (Å²) in [4.78, 5) is 23.0. The van der Waals surface area contributed by atoms with Crippen molar-refractivity contribution < 1.29 is 14.3 Å². The Morgan fingerprint density at radius 1 is 1.34 bits per heavy atom. The fourth-order valence-electron chi connectivity index (χ4n) is 6.28. The Morgan fingerprint density at radius 2 is 2.12 bits per heavy atom. The number of aryl methyl sites for hydroxylation is 1. The SMILES string of the molecule is C[C@@]12C3[C@@H]1[C@H](c1cc(F)cnc1CCC1(N)CC1)N(c1ccn4ncc(C(=O)O)c4n1)[C@H]32. The third-order valence-corrected chi connectivity index (χ3v) is 8.41. The number of anilines is 1. The molecule has 32 heavy (non-hydrogen) atoms. The lowest BCUT2D eigenvalue weighted by atomic mass is 9.94. The molecule has 3 aliphatic carbocycles. The van der Waals surface area contributed by atoms with Crippen LogP contribution in [0.2, 0.25) is 0 Å². The second kappa shape index (κ2) is 5.64. The molecule has 5 fully saturated rings. The van der Waals surface area contributed by atoms with Crippen LogP contribution in [0.25, 0.3) is 5.65 Å². The maximum atomic E-state index is 14.4. The normalized spacial score (nSPS) is 32.8. The molecule has 0 aromatic carbocycles. The van der Waals surface area contributed by atoms with E-state index in [1.807, 2.05) is 6.07 Å². The van der Waals surface area contributed by atoms with Crippen LogP contribution in [0.5, 0.6) is 0 Å². The molecule has 3 aromatic heterocycles. The first-order chi connectivity index (χ1) is 15.3. The van der Waals surface area contributed by atoms with E-state index in [9.17, 15) is 14.3 Å². The van der Waals surface area contributed by atoms with Crippen LogP contribution in [0.3, 0.4) is 0 Å². The Hall–Kier alpha value is -3.07. The number of fused-ring (bicyclic) bond motifs is 2. The van der Waals surface area contributed by atoms with E-state index in [2.05, 4.69) is 21.9 Å². The molecule has 2 saturated heterocycles. The minimum Gasteiger partial charge on any atom is -0.477 e. The summed E-state index contributed by atoms with van der Waals surface area (Å²) >= 11 is 0. The molecule has 1 unspecified atom stereocenters. The van der Waals surface area contributed by atoms with Gasteiger partial charge in [-0.3, -0.25) is 4.98 Å². The van der Waals surface area contributed by atoms with Gasteiger partial charge >= 0.3 is 5.97 Å². The minimum atomic E-state index is -1.06. The van der Waals surface area contributed by atoms with Gasteiger partial charge in [0.25, 0.3) is 0 Å². The monoisotopic (exact) mass is 434 g/mol. The standard InChI is InChI=1S/C23H23FN6O2/c1-22-16-17(22)19(22)30(15-3-7-29-20(28-15)13(10-27-29)21(31)32)18(16)12-8-11(24)9-26-14(12)2-4-23(25)5-6-23/h3,7-10,16-19H,2,4-6,25H2,1H3,(H,31,32)/t16-,17?,18+,19-,22+/m1/s1. The van der Waals surface area contributed by atoms with Crippen molar-refractivity contribution in [3.8, 4) is 0 Å². The molecule has 8 nitrogen and oxygen atoms in total. The Labute approximate surface area is 183 Å². The first-order valence-corrected chi connectivity index (χ1v) is 11.1. The molecule has 0 radical (unpaired) electrons. The summed E-state index contributed by atoms with van der Waals surface area (Å²) < 4.78 is 15.8. The largest absolute Gasteiger partial charge is 0.477 e. The van der Waals surface area contributed by atoms with Gasteiger partial charge in [0, 0.05) is 23.5 Å². The lowest BCUT2D eigenvalue weighted by Gasteiger charge is -2.27. The fourth-order valence-corrected chi connectivity index (χ4v) is 6.28. The Bertz CT molecular complexity index is 1320. The number of pyridine rings is 1. The van der Waals surface area contributed by atoms with Crippen molar-refractivity contribution in [2.75, 3.05) is 4.90 Å². The van der Waals surface area contributed by atoms with E-state index in [0.29, 0.717) is 29.3 Å². The lowest BCUT2D eigenvalue weighted by Crippen LogP contribution is -2.27. The number of aromatic nitrogens is 4. The third-order valence-electron chi connectivity index (χ3n) is 8.41. The van der Waals surface area contributed by atoms with Crippen LogP contribution >= 0.6 is 0 Å². The fraction of sp³-hybridized carbons (Fsp3) is 0.478. The minimum absolute atomic E-state index is 0.0210. The lowest BCUT2D eigenvalue weighted by molar-refractivity contribution is 0.0698. The van der Waals surface area contributed by atoms with E-state index in [1.54, 1.807) is 12.3 Å². The van der Waals surface area contributed by atoms with Gasteiger partial charge in [-0.25, -0.2) is 18.7 Å². The molecule has 5 heterocycles. The summed E-state index contributed by atoms with van der Waals surface area (Å²) in [5.74, 6) is 0.308. The highest BCUT2D eigenvalue weighted by Crippen LogP contribution is 2.90. The van der Waals surface area contributed by atoms with E-state index in [1.165, 1.54) is 16.9 Å². The van der Waals surface area contributed by atoms with Gasteiger partial charge in [0.1, 0.15) is 17.2 Å². The molecular formula is C23H23FN6O2. The number of carboxylic acid groups (broad SMARTS) is 1. The number of nitrogens with two attached hydrogens (primary N) is 1. The highest BCUT2D eigenvalue weighted by molar-refractivity contribution is 5.94. The van der Waals surface area contributed by atoms with Crippen molar-refractivity contribution in [1.29, 1.82) is 0 Å². The van der Waals surface area contributed by atoms with Crippen molar-refractivity contribution in [1.82, 2.24) is 19.6 Å². The zero-order valence-electron chi connectivity index (χ0n) is 17.6. The summed E-state index contributed by atoms with van der Waals surface area (Å²) in [6, 6.07) is 3.81. The number of carboxylic acids is 1. The molecular weight excluding hydrogens is 411 g/mol. The molecule has 5 aliphatic rings. The van der Waals surface area contributed by atoms with Crippen LogP contribution in [0, 0.1) is 23.1 Å². The van der Waals surface area contributed by atoms with Crippen LogP contribution in [-0.2, 0) is 6.42 Å². The summed E-state index contributed by atoms with van der Waals surface area (Å²) in [6.45, 7) is 2.28. The number of halogens is 1. The quantitative estimate of drug-likeness (QED) is 0.614. The predicted octanol–water partition coefficient (Wildman–Crippen LogP) is 2.58. The maximum absolute atomic E-state index is 14.4. The van der Waals surface area contributed by atoms with E-state index in [-0.39, 0.29) is 28.4 Å². The number of rotatable bonds is 6. The van der Waals surface area contributed by atoms with Crippen LogP contribution in [0.15, 0.2) is 30.7 Å². The summed E-state index contributed by atoms with van der Waals surface area (Å²) in [5, 5.41) is 13.6. The van der Waals surface area contributed by atoms with Gasteiger partial charge in [-0.2, -0.15) is 5.10 Å². The molecule has 0 spiro atoms. The highest BCUT2D eigenvalue weighted by atomic mass is 19.1. The average molecular weight is 434 g/mol. The Balaban J connectivity index is 1.31. The van der Waals surface area contributed by atoms with Gasteiger partial charge in [0.2, 0.25) is 0 Å². The number of aromatic carboxylic acids is 1. The summed E-state index contributed by atoms with van der Waals surface area (Å²) in [6.07, 6.45) is 8.00. The van der Waals surface area contributed by atoms with Crippen LogP contribution in [0.4, 0.5) is 10.2 Å². The molecule has 2 bridgehead atoms. The first kappa shape index (κ1) is 18.5. The summed E-state index contributed by atoms with van der Waals surface area (Å²) in [7, 11) is 0. The van der Waals surface area contributed by atoms with Crippen molar-refractivity contribution in [2.45, 2.75) is 50.2 Å². The van der Waals surface area contributed by atoms with Crippen molar-refractivity contribution in [3.05, 3.63) is 53.4 Å². The number of piperidine rings is 1. The van der Waals surface area contributed by atoms with Gasteiger partial charge in [0.15, 0.2) is 5.65 Å². The van der Waals surface area contributed by atoms with E-state index in [0.717, 1.165) is 36.9 Å².